The third kappa shape index (κ3) is 14.1. The van der Waals surface area contributed by atoms with Gasteiger partial charge in [0.05, 0.1) is 24.1 Å². The predicted molar refractivity (Wildman–Crippen MR) is 244 cm³/mol. The van der Waals surface area contributed by atoms with Crippen LogP contribution in [0.3, 0.4) is 0 Å². The number of benzene rings is 3. The van der Waals surface area contributed by atoms with Gasteiger partial charge in [-0.3, -0.25) is 13.4 Å². The topological polar surface area (TPSA) is 26.3 Å². The number of rotatable bonds is 7. The minimum atomic E-state index is -0.0465. The molecule has 3 saturated carbocycles. The SMILES string of the molecule is C1CCC([PH+](C2CCCCC2)C2CCCCC2)CC1.Cc1cc(C)c(C2C=CC(c3c(C)cc(C)cc3C)[CH-]2)c(C)c1.[CH-]=Cc1ccccc1OC.[CH-]=O.[Cl][Ru+3]. The Morgan fingerprint density at radius 2 is 0.964 bits per heavy atom. The van der Waals surface area contributed by atoms with Crippen molar-refractivity contribution in [2.45, 2.75) is 167 Å². The average Bonchev–Trinajstić information content (AvgIpc) is 3.69. The maximum absolute atomic E-state index is 7.75. The minimum absolute atomic E-state index is 0.0465. The van der Waals surface area contributed by atoms with E-state index in [-0.39, 0.29) is 7.92 Å². The van der Waals surface area contributed by atoms with Crippen molar-refractivity contribution in [3.8, 4) is 5.75 Å². The zero-order chi connectivity index (χ0) is 41.0. The molecule has 3 aromatic carbocycles. The first kappa shape index (κ1) is 48.3. The molecule has 4 aliphatic carbocycles. The van der Waals surface area contributed by atoms with Crippen LogP contribution >= 0.6 is 17.6 Å². The van der Waals surface area contributed by atoms with Crippen molar-refractivity contribution >= 4 is 30.5 Å². The van der Waals surface area contributed by atoms with E-state index in [0.29, 0.717) is 11.8 Å². The summed E-state index contributed by atoms with van der Waals surface area (Å²) in [6.45, 7) is 21.9. The number of methoxy groups -OCH3 is 1. The summed E-state index contributed by atoms with van der Waals surface area (Å²) in [5.41, 5.74) is 15.9. The molecule has 306 valence electrons. The van der Waals surface area contributed by atoms with Crippen molar-refractivity contribution in [1.82, 2.24) is 0 Å². The van der Waals surface area contributed by atoms with Gasteiger partial charge in [0.25, 0.3) is 0 Å². The van der Waals surface area contributed by atoms with Crippen LogP contribution < -0.4 is 4.74 Å². The monoisotopic (exact) mass is 883 g/mol. The van der Waals surface area contributed by atoms with Gasteiger partial charge in [-0.25, -0.2) is 6.08 Å². The number of ether oxygens (including phenoxy) is 1. The third-order valence-electron chi connectivity index (χ3n) is 12.6. The van der Waals surface area contributed by atoms with Gasteiger partial charge < -0.3 is 16.0 Å². The molecule has 0 saturated heterocycles. The number of para-hydroxylation sites is 1. The Balaban J connectivity index is 0.000000229. The van der Waals surface area contributed by atoms with Gasteiger partial charge in [0.2, 0.25) is 0 Å². The summed E-state index contributed by atoms with van der Waals surface area (Å²) in [7, 11) is 6.15. The van der Waals surface area contributed by atoms with Gasteiger partial charge in [-0.2, -0.15) is 0 Å². The van der Waals surface area contributed by atoms with Crippen molar-refractivity contribution in [3.05, 3.63) is 124 Å². The molecule has 0 radical (unpaired) electrons. The molecular formula is C51H71ClO2PRu+. The van der Waals surface area contributed by atoms with E-state index in [1.54, 1.807) is 103 Å². The molecule has 0 aromatic heterocycles. The van der Waals surface area contributed by atoms with Crippen LogP contribution in [0.15, 0.2) is 60.7 Å². The molecule has 5 heteroatoms. The fourth-order valence-electron chi connectivity index (χ4n) is 10.5. The molecule has 0 amide bonds. The van der Waals surface area contributed by atoms with Crippen molar-refractivity contribution in [2.24, 2.45) is 0 Å². The van der Waals surface area contributed by atoms with Gasteiger partial charge in [0, 0.05) is 13.7 Å². The van der Waals surface area contributed by atoms with E-state index in [0.717, 1.165) is 11.3 Å². The predicted octanol–water partition coefficient (Wildman–Crippen LogP) is 14.9. The molecule has 4 aliphatic rings. The molecule has 2 atom stereocenters. The van der Waals surface area contributed by atoms with Crippen LogP contribution in [-0.4, -0.2) is 30.9 Å². The Hall–Kier alpha value is -2.05. The molecular weight excluding hydrogens is 812 g/mol. The molecule has 2 nitrogen and oxygen atoms in total. The fourth-order valence-corrected chi connectivity index (χ4v) is 15.7. The summed E-state index contributed by atoms with van der Waals surface area (Å²) < 4.78 is 5.02. The standard InChI is InChI=1S/C23H27.C18H33P.C9H9O.CHO.ClH.Ru/c1-14-9-16(3)22(17(4)10-14)20-7-8-21(13-20)23-18(5)11-15(2)12-19(23)6;1-4-10-16(11-5-1)19(17-12-6-2-7-13-17)18-14-8-3-9-15-18;1-3-8-6-4-5-7-9(8)10-2;1-2;;/h7-13,20-21H,1-6H3;16-18H,1-15H2;1,3-7H,2H3;1H;1H;/q-1;;2*-1;;+4. The van der Waals surface area contributed by atoms with Gasteiger partial charge in [-0.05, 0) is 147 Å². The fraction of sp³-hybridized carbons (Fsp3) is 0.529. The quantitative estimate of drug-likeness (QED) is 0.0777. The van der Waals surface area contributed by atoms with Gasteiger partial charge in [-0.15, -0.1) is 35.6 Å². The van der Waals surface area contributed by atoms with Gasteiger partial charge in [0.1, 0.15) is 0 Å². The molecule has 3 fully saturated rings. The normalized spacial score (nSPS) is 19.9. The molecule has 0 spiro atoms. The molecule has 7 rings (SSSR count). The number of hydrogen-bond acceptors (Lipinski definition) is 2. The number of aryl methyl sites for hydroxylation is 6. The zero-order valence-corrected chi connectivity index (χ0v) is 39.1. The number of hydrogen-bond donors (Lipinski definition) is 0. The Kier molecular flexibility index (Phi) is 22.6. The second-order valence-electron chi connectivity index (χ2n) is 16.7. The average molecular weight is 884 g/mol. The van der Waals surface area contributed by atoms with E-state index < -0.39 is 0 Å². The molecule has 0 heterocycles. The van der Waals surface area contributed by atoms with Gasteiger partial charge >= 0.3 is 27.0 Å². The first-order valence-corrected chi connectivity index (χ1v) is 25.3. The first-order valence-electron chi connectivity index (χ1n) is 21.3. The molecule has 0 aliphatic heterocycles. The van der Waals surface area contributed by atoms with Crippen LogP contribution in [0.1, 0.15) is 158 Å². The number of allylic oxidation sites excluding steroid dienone is 2. The van der Waals surface area contributed by atoms with Gasteiger partial charge in [0.15, 0.2) is 0 Å². The summed E-state index contributed by atoms with van der Waals surface area (Å²) in [5, 5.41) is 0. The van der Waals surface area contributed by atoms with Crippen molar-refractivity contribution < 1.29 is 26.8 Å². The molecule has 3 aromatic rings. The van der Waals surface area contributed by atoms with E-state index in [1.165, 1.54) is 67.6 Å². The number of halogens is 1. The Morgan fingerprint density at radius 1 is 0.625 bits per heavy atom. The summed E-state index contributed by atoms with van der Waals surface area (Å²) in [4.78, 5) is 7.75. The van der Waals surface area contributed by atoms with E-state index in [1.807, 2.05) is 41.6 Å². The van der Waals surface area contributed by atoms with Crippen molar-refractivity contribution in [2.75, 3.05) is 7.11 Å². The van der Waals surface area contributed by atoms with Crippen LogP contribution in [0.2, 0.25) is 0 Å². The van der Waals surface area contributed by atoms with Crippen molar-refractivity contribution in [1.29, 1.82) is 0 Å². The molecule has 2 unspecified atom stereocenters. The third-order valence-corrected chi connectivity index (χ3v) is 17.2. The van der Waals surface area contributed by atoms with E-state index in [4.69, 9.17) is 16.1 Å². The molecule has 56 heavy (non-hydrogen) atoms. The number of carbonyl (C=O) groups excluding carboxylic acids is 1. The molecule has 0 N–H and O–H groups in total. The Morgan fingerprint density at radius 3 is 1.27 bits per heavy atom. The van der Waals surface area contributed by atoms with Crippen LogP contribution in [0, 0.1) is 54.5 Å². The van der Waals surface area contributed by atoms with E-state index in [2.05, 4.69) is 101 Å². The summed E-state index contributed by atoms with van der Waals surface area (Å²) in [6.07, 6.45) is 32.6. The summed E-state index contributed by atoms with van der Waals surface area (Å²) >= 11 is 1.82. The second kappa shape index (κ2) is 26.1. The second-order valence-corrected chi connectivity index (χ2v) is 20.1. The summed E-state index contributed by atoms with van der Waals surface area (Å²) in [5.74, 6) is 1.67. The Labute approximate surface area is 358 Å². The van der Waals surface area contributed by atoms with Crippen molar-refractivity contribution in [3.63, 3.8) is 0 Å². The first-order chi connectivity index (χ1) is 27.2. The van der Waals surface area contributed by atoms with E-state index >= 15 is 0 Å². The maximum atomic E-state index is 7.75. The van der Waals surface area contributed by atoms with Gasteiger partial charge in [-0.1, -0.05) is 77.9 Å². The van der Waals surface area contributed by atoms with Crippen LogP contribution in [0.5, 0.6) is 5.75 Å². The van der Waals surface area contributed by atoms with Crippen LogP contribution in [0.25, 0.3) is 6.08 Å². The Bertz CT molecular complexity index is 1480. The van der Waals surface area contributed by atoms with Crippen LogP contribution in [0.4, 0.5) is 0 Å². The summed E-state index contributed by atoms with van der Waals surface area (Å²) in [6, 6.07) is 16.8. The molecule has 0 bridgehead atoms. The van der Waals surface area contributed by atoms with E-state index in [9.17, 15) is 0 Å². The van der Waals surface area contributed by atoms with Crippen LogP contribution in [-0.2, 0) is 22.1 Å². The zero-order valence-electron chi connectivity index (χ0n) is 35.6.